The van der Waals surface area contributed by atoms with Gasteiger partial charge in [0.1, 0.15) is 0 Å². The van der Waals surface area contributed by atoms with E-state index in [1.54, 1.807) is 24.3 Å². The molecule has 0 aliphatic heterocycles. The largest absolute Gasteiger partial charge is 0.216 e. The molecule has 1 N–H and O–H groups in total. The first-order valence-electron chi connectivity index (χ1n) is 4.34. The van der Waals surface area contributed by atoms with Gasteiger partial charge in [0.2, 0.25) is 10.0 Å². The summed E-state index contributed by atoms with van der Waals surface area (Å²) in [6.45, 7) is 3.47. The Morgan fingerprint density at radius 1 is 1.33 bits per heavy atom. The highest BCUT2D eigenvalue weighted by molar-refractivity contribution is 7.88. The summed E-state index contributed by atoms with van der Waals surface area (Å²) in [5.41, 5.74) is 0.741. The Balaban J connectivity index is 2.61. The highest BCUT2D eigenvalue weighted by Crippen LogP contribution is 2.04. The van der Waals surface area contributed by atoms with Gasteiger partial charge in [-0.25, -0.2) is 13.1 Å². The topological polar surface area (TPSA) is 46.2 Å². The first-order chi connectivity index (χ1) is 6.99. The Morgan fingerprint density at radius 3 is 2.47 bits per heavy atom. The summed E-state index contributed by atoms with van der Waals surface area (Å²) in [4.78, 5) is 0. The molecule has 0 aromatic heterocycles. The molecule has 1 rings (SSSR count). The van der Waals surface area contributed by atoms with Gasteiger partial charge in [-0.15, -0.1) is 0 Å². The summed E-state index contributed by atoms with van der Waals surface area (Å²) in [6.07, 6.45) is 0. The van der Waals surface area contributed by atoms with E-state index in [0.717, 1.165) is 5.56 Å². The Morgan fingerprint density at radius 2 is 1.93 bits per heavy atom. The van der Waals surface area contributed by atoms with Crippen LogP contribution in [-0.4, -0.2) is 15.0 Å². The van der Waals surface area contributed by atoms with Crippen LogP contribution in [0.3, 0.4) is 0 Å². The lowest BCUT2D eigenvalue weighted by Crippen LogP contribution is -2.26. The first kappa shape index (κ1) is 12.2. The zero-order valence-electron chi connectivity index (χ0n) is 8.11. The molecule has 0 amide bonds. The minimum Gasteiger partial charge on any atom is -0.212 e. The van der Waals surface area contributed by atoms with Crippen LogP contribution in [0.25, 0.3) is 0 Å². The second-order valence-electron chi connectivity index (χ2n) is 3.08. The predicted octanol–water partition coefficient (Wildman–Crippen LogP) is 1.86. The minimum atomic E-state index is -3.32. The van der Waals surface area contributed by atoms with Crippen molar-refractivity contribution in [2.45, 2.75) is 5.75 Å². The van der Waals surface area contributed by atoms with Crippen molar-refractivity contribution in [2.75, 3.05) is 6.54 Å². The summed E-state index contributed by atoms with van der Waals surface area (Å²) in [6, 6.07) is 8.95. The van der Waals surface area contributed by atoms with Gasteiger partial charge in [-0.2, -0.15) is 0 Å². The van der Waals surface area contributed by atoms with Gasteiger partial charge < -0.3 is 0 Å². The fourth-order valence-electron chi connectivity index (χ4n) is 1.03. The van der Waals surface area contributed by atoms with Crippen LogP contribution in [0.4, 0.5) is 0 Å². The molecule has 0 fully saturated rings. The van der Waals surface area contributed by atoms with E-state index in [1.165, 1.54) is 0 Å². The van der Waals surface area contributed by atoms with Crippen molar-refractivity contribution in [3.63, 3.8) is 0 Å². The molecule has 0 aliphatic rings. The fourth-order valence-corrected chi connectivity index (χ4v) is 2.31. The van der Waals surface area contributed by atoms with Gasteiger partial charge in [0, 0.05) is 11.6 Å². The van der Waals surface area contributed by atoms with Gasteiger partial charge in [0.25, 0.3) is 0 Å². The Labute approximate surface area is 94.8 Å². The van der Waals surface area contributed by atoms with Crippen LogP contribution in [0.15, 0.2) is 41.9 Å². The molecule has 0 bridgehead atoms. The fraction of sp³-hybridized carbons (Fsp3) is 0.200. The van der Waals surface area contributed by atoms with Gasteiger partial charge in [0.05, 0.1) is 5.75 Å². The van der Waals surface area contributed by atoms with Crippen molar-refractivity contribution in [2.24, 2.45) is 0 Å². The van der Waals surface area contributed by atoms with Crippen LogP contribution >= 0.6 is 11.6 Å². The third kappa shape index (κ3) is 4.97. The number of rotatable bonds is 5. The van der Waals surface area contributed by atoms with Crippen molar-refractivity contribution in [1.29, 1.82) is 0 Å². The van der Waals surface area contributed by atoms with E-state index in [-0.39, 0.29) is 17.3 Å². The van der Waals surface area contributed by atoms with Crippen molar-refractivity contribution < 1.29 is 8.42 Å². The molecule has 0 unspecified atom stereocenters. The van der Waals surface area contributed by atoms with E-state index >= 15 is 0 Å². The van der Waals surface area contributed by atoms with Crippen molar-refractivity contribution in [3.8, 4) is 0 Å². The van der Waals surface area contributed by atoms with Gasteiger partial charge >= 0.3 is 0 Å². The van der Waals surface area contributed by atoms with Crippen LogP contribution in [-0.2, 0) is 15.8 Å². The minimum absolute atomic E-state index is 0.0436. The van der Waals surface area contributed by atoms with Crippen LogP contribution in [0.2, 0.25) is 0 Å². The molecule has 1 aromatic rings. The smallest absolute Gasteiger partial charge is 0.212 e. The maximum Gasteiger partial charge on any atom is 0.216 e. The first-order valence-corrected chi connectivity index (χ1v) is 6.37. The summed E-state index contributed by atoms with van der Waals surface area (Å²) in [5, 5.41) is 0.270. The second kappa shape index (κ2) is 5.30. The van der Waals surface area contributed by atoms with Crippen LogP contribution in [0, 0.1) is 0 Å². The highest BCUT2D eigenvalue weighted by atomic mass is 35.5. The molecule has 82 valence electrons. The molecule has 5 heteroatoms. The number of hydrogen-bond donors (Lipinski definition) is 1. The number of nitrogens with one attached hydrogen (secondary N) is 1. The molecule has 3 nitrogen and oxygen atoms in total. The Bertz CT molecular complexity index is 428. The van der Waals surface area contributed by atoms with E-state index < -0.39 is 10.0 Å². The number of benzene rings is 1. The molecular weight excluding hydrogens is 234 g/mol. The standard InChI is InChI=1S/C10H12ClNO2S/c1-9(11)7-12-15(13,14)8-10-5-3-2-4-6-10/h2-6,12H,1,7-8H2. The summed E-state index contributed by atoms with van der Waals surface area (Å²) in [7, 11) is -3.32. The molecule has 0 saturated carbocycles. The summed E-state index contributed by atoms with van der Waals surface area (Å²) in [5.74, 6) is -0.0436. The predicted molar refractivity (Wildman–Crippen MR) is 62.1 cm³/mol. The Kier molecular flexibility index (Phi) is 4.32. The highest BCUT2D eigenvalue weighted by Gasteiger charge is 2.10. The average Bonchev–Trinajstić information content (AvgIpc) is 2.16. The molecule has 1 aromatic carbocycles. The number of hydrogen-bond acceptors (Lipinski definition) is 2. The zero-order valence-corrected chi connectivity index (χ0v) is 9.68. The molecule has 0 heterocycles. The SMILES string of the molecule is C=C(Cl)CNS(=O)(=O)Cc1ccccc1. The van der Waals surface area contributed by atoms with E-state index in [2.05, 4.69) is 11.3 Å². The van der Waals surface area contributed by atoms with Gasteiger partial charge in [0.15, 0.2) is 0 Å². The lowest BCUT2D eigenvalue weighted by Gasteiger charge is -2.05. The van der Waals surface area contributed by atoms with Crippen LogP contribution < -0.4 is 4.72 Å². The molecule has 0 atom stereocenters. The second-order valence-corrected chi connectivity index (χ2v) is 5.42. The van der Waals surface area contributed by atoms with E-state index in [1.807, 2.05) is 6.07 Å². The molecule has 0 aliphatic carbocycles. The molecule has 15 heavy (non-hydrogen) atoms. The molecule has 0 saturated heterocycles. The Hall–Kier alpha value is -0.840. The van der Waals surface area contributed by atoms with Crippen molar-refractivity contribution in [3.05, 3.63) is 47.5 Å². The lowest BCUT2D eigenvalue weighted by atomic mass is 10.2. The maximum absolute atomic E-state index is 11.5. The van der Waals surface area contributed by atoms with E-state index in [9.17, 15) is 8.42 Å². The van der Waals surface area contributed by atoms with Gasteiger partial charge in [-0.05, 0) is 5.56 Å². The normalized spacial score (nSPS) is 11.3. The quantitative estimate of drug-likeness (QED) is 0.861. The van der Waals surface area contributed by atoms with E-state index in [0.29, 0.717) is 0 Å². The maximum atomic E-state index is 11.5. The molecule has 0 radical (unpaired) electrons. The zero-order chi connectivity index (χ0) is 11.3. The molecular formula is C10H12ClNO2S. The average molecular weight is 246 g/mol. The number of sulfonamides is 1. The summed E-state index contributed by atoms with van der Waals surface area (Å²) >= 11 is 5.47. The van der Waals surface area contributed by atoms with Crippen molar-refractivity contribution >= 4 is 21.6 Å². The van der Waals surface area contributed by atoms with Crippen LogP contribution in [0.5, 0.6) is 0 Å². The van der Waals surface area contributed by atoms with Crippen LogP contribution in [0.1, 0.15) is 5.56 Å². The third-order valence-electron chi connectivity index (χ3n) is 1.68. The summed E-state index contributed by atoms with van der Waals surface area (Å²) < 4.78 is 25.3. The van der Waals surface area contributed by atoms with E-state index in [4.69, 9.17) is 11.6 Å². The molecule has 0 spiro atoms. The van der Waals surface area contributed by atoms with Gasteiger partial charge in [-0.3, -0.25) is 0 Å². The lowest BCUT2D eigenvalue weighted by molar-refractivity contribution is 0.584. The monoisotopic (exact) mass is 245 g/mol. The van der Waals surface area contributed by atoms with Crippen molar-refractivity contribution in [1.82, 2.24) is 4.72 Å². The third-order valence-corrected chi connectivity index (χ3v) is 3.11. The van der Waals surface area contributed by atoms with Gasteiger partial charge in [-0.1, -0.05) is 48.5 Å². The number of halogens is 1.